The topological polar surface area (TPSA) is 103 Å². The van der Waals surface area contributed by atoms with Gasteiger partial charge in [-0.25, -0.2) is 9.78 Å². The minimum absolute atomic E-state index is 0.266. The van der Waals surface area contributed by atoms with Crippen molar-refractivity contribution >= 4 is 6.09 Å². The maximum absolute atomic E-state index is 12.1. The minimum atomic E-state index is -0.577. The molecule has 2 heterocycles. The molecule has 1 atom stereocenters. The van der Waals surface area contributed by atoms with E-state index < -0.39 is 17.7 Å². The number of nitrogens with one attached hydrogen (secondary N) is 1. The molecule has 25 heavy (non-hydrogen) atoms. The normalized spacial score (nSPS) is 12.9. The third kappa shape index (κ3) is 5.81. The summed E-state index contributed by atoms with van der Waals surface area (Å²) in [7, 11) is 0. The Hall–Kier alpha value is -2.51. The van der Waals surface area contributed by atoms with Crippen LogP contribution in [0.3, 0.4) is 0 Å². The standard InChI is InChI=1S/C17H25N5O3/c1-10(2)7-12(20-16(23)24-17(4,5)6)14-21-15(25-22-14)13-9-18-11(3)8-19-13/h8-10,12H,7H2,1-6H3,(H,20,23)/t12-/m1/s1. The summed E-state index contributed by atoms with van der Waals surface area (Å²) >= 11 is 0. The molecule has 0 fully saturated rings. The van der Waals surface area contributed by atoms with Gasteiger partial charge in [-0.15, -0.1) is 0 Å². The molecule has 0 aliphatic rings. The Morgan fingerprint density at radius 1 is 1.28 bits per heavy atom. The molecular weight excluding hydrogens is 322 g/mol. The number of nitrogens with zero attached hydrogens (tertiary/aromatic N) is 4. The molecule has 0 saturated carbocycles. The van der Waals surface area contributed by atoms with Gasteiger partial charge in [-0.3, -0.25) is 4.98 Å². The van der Waals surface area contributed by atoms with Gasteiger partial charge >= 0.3 is 6.09 Å². The Morgan fingerprint density at radius 3 is 2.56 bits per heavy atom. The minimum Gasteiger partial charge on any atom is -0.444 e. The fourth-order valence-electron chi connectivity index (χ4n) is 2.13. The predicted molar refractivity (Wildman–Crippen MR) is 91.6 cm³/mol. The SMILES string of the molecule is Cc1cnc(-c2nc([C@@H](CC(C)C)NC(=O)OC(C)(C)C)no2)cn1. The first-order valence-corrected chi connectivity index (χ1v) is 8.26. The molecule has 136 valence electrons. The quantitative estimate of drug-likeness (QED) is 0.883. The van der Waals surface area contributed by atoms with Crippen LogP contribution in [0.1, 0.15) is 58.6 Å². The lowest BCUT2D eigenvalue weighted by Gasteiger charge is -2.23. The number of hydrogen-bond acceptors (Lipinski definition) is 7. The summed E-state index contributed by atoms with van der Waals surface area (Å²) in [6.45, 7) is 11.4. The molecule has 0 aliphatic heterocycles. The van der Waals surface area contributed by atoms with Crippen LogP contribution in [0.5, 0.6) is 0 Å². The Bertz CT molecular complexity index is 704. The van der Waals surface area contributed by atoms with Crippen molar-refractivity contribution in [3.05, 3.63) is 23.9 Å². The highest BCUT2D eigenvalue weighted by atomic mass is 16.6. The molecule has 2 rings (SSSR count). The Labute approximate surface area is 147 Å². The first-order valence-electron chi connectivity index (χ1n) is 8.26. The predicted octanol–water partition coefficient (Wildman–Crippen LogP) is 3.45. The molecule has 0 radical (unpaired) electrons. The monoisotopic (exact) mass is 347 g/mol. The fourth-order valence-corrected chi connectivity index (χ4v) is 2.13. The summed E-state index contributed by atoms with van der Waals surface area (Å²) in [5.41, 5.74) is 0.713. The lowest BCUT2D eigenvalue weighted by atomic mass is 10.0. The van der Waals surface area contributed by atoms with Gasteiger partial charge in [-0.1, -0.05) is 19.0 Å². The average Bonchev–Trinajstić information content (AvgIpc) is 2.94. The molecule has 0 saturated heterocycles. The van der Waals surface area contributed by atoms with Crippen LogP contribution in [-0.4, -0.2) is 31.8 Å². The molecule has 0 aromatic carbocycles. The van der Waals surface area contributed by atoms with E-state index >= 15 is 0 Å². The number of hydrogen-bond donors (Lipinski definition) is 1. The van der Waals surface area contributed by atoms with Crippen LogP contribution in [-0.2, 0) is 4.74 Å². The van der Waals surface area contributed by atoms with E-state index in [1.54, 1.807) is 12.4 Å². The highest BCUT2D eigenvalue weighted by molar-refractivity contribution is 5.68. The largest absolute Gasteiger partial charge is 0.444 e. The Balaban J connectivity index is 2.17. The first-order chi connectivity index (χ1) is 11.6. The highest BCUT2D eigenvalue weighted by Gasteiger charge is 2.25. The van der Waals surface area contributed by atoms with E-state index in [0.717, 1.165) is 5.69 Å². The number of aryl methyl sites for hydroxylation is 1. The number of aromatic nitrogens is 4. The molecule has 1 N–H and O–H groups in total. The van der Waals surface area contributed by atoms with Gasteiger partial charge in [0.2, 0.25) is 0 Å². The van der Waals surface area contributed by atoms with Crippen molar-refractivity contribution in [2.24, 2.45) is 5.92 Å². The number of amides is 1. The Morgan fingerprint density at radius 2 is 2.00 bits per heavy atom. The zero-order valence-electron chi connectivity index (χ0n) is 15.5. The number of ether oxygens (including phenoxy) is 1. The number of carbonyl (C=O) groups is 1. The van der Waals surface area contributed by atoms with Crippen molar-refractivity contribution in [3.8, 4) is 11.6 Å². The number of carbonyl (C=O) groups excluding carboxylic acids is 1. The van der Waals surface area contributed by atoms with Crippen molar-refractivity contribution in [1.82, 2.24) is 25.4 Å². The summed E-state index contributed by atoms with van der Waals surface area (Å²) in [4.78, 5) is 24.8. The summed E-state index contributed by atoms with van der Waals surface area (Å²) < 4.78 is 10.6. The van der Waals surface area contributed by atoms with Crippen LogP contribution in [0, 0.1) is 12.8 Å². The van der Waals surface area contributed by atoms with Crippen LogP contribution in [0.15, 0.2) is 16.9 Å². The molecule has 0 unspecified atom stereocenters. The molecular formula is C17H25N5O3. The summed E-state index contributed by atoms with van der Waals surface area (Å²) in [6.07, 6.45) is 3.34. The zero-order valence-corrected chi connectivity index (χ0v) is 15.5. The molecule has 0 bridgehead atoms. The van der Waals surface area contributed by atoms with Gasteiger partial charge in [0.25, 0.3) is 5.89 Å². The van der Waals surface area contributed by atoms with Gasteiger partial charge in [0, 0.05) is 6.20 Å². The van der Waals surface area contributed by atoms with E-state index in [9.17, 15) is 4.79 Å². The van der Waals surface area contributed by atoms with Gasteiger partial charge in [0.1, 0.15) is 11.3 Å². The van der Waals surface area contributed by atoms with Crippen LogP contribution in [0.25, 0.3) is 11.6 Å². The van der Waals surface area contributed by atoms with Crippen LogP contribution in [0.4, 0.5) is 4.79 Å². The van der Waals surface area contributed by atoms with E-state index in [2.05, 4.69) is 39.3 Å². The van der Waals surface area contributed by atoms with Crippen molar-refractivity contribution in [3.63, 3.8) is 0 Å². The summed E-state index contributed by atoms with van der Waals surface area (Å²) in [5.74, 6) is 0.972. The van der Waals surface area contributed by atoms with E-state index in [0.29, 0.717) is 23.9 Å². The second kappa shape index (κ2) is 7.58. The maximum atomic E-state index is 12.1. The van der Waals surface area contributed by atoms with Crippen molar-refractivity contribution in [2.45, 2.75) is 59.6 Å². The molecule has 2 aromatic rings. The van der Waals surface area contributed by atoms with Gasteiger partial charge in [-0.05, 0) is 40.0 Å². The third-order valence-electron chi connectivity index (χ3n) is 3.15. The van der Waals surface area contributed by atoms with Gasteiger partial charge < -0.3 is 14.6 Å². The van der Waals surface area contributed by atoms with Crippen LogP contribution >= 0.6 is 0 Å². The molecule has 0 aliphatic carbocycles. The molecule has 8 heteroatoms. The van der Waals surface area contributed by atoms with Gasteiger partial charge in [0.05, 0.1) is 17.9 Å². The second-order valence-corrected chi connectivity index (χ2v) is 7.33. The van der Waals surface area contributed by atoms with Crippen molar-refractivity contribution < 1.29 is 14.1 Å². The maximum Gasteiger partial charge on any atom is 0.408 e. The lowest BCUT2D eigenvalue weighted by molar-refractivity contribution is 0.0494. The number of rotatable bonds is 5. The summed E-state index contributed by atoms with van der Waals surface area (Å²) in [6, 6.07) is -0.411. The van der Waals surface area contributed by atoms with Crippen LogP contribution in [0.2, 0.25) is 0 Å². The third-order valence-corrected chi connectivity index (χ3v) is 3.15. The smallest absolute Gasteiger partial charge is 0.408 e. The van der Waals surface area contributed by atoms with E-state index in [1.165, 1.54) is 0 Å². The molecule has 1 amide bonds. The fraction of sp³-hybridized carbons (Fsp3) is 0.588. The van der Waals surface area contributed by atoms with Gasteiger partial charge in [0.15, 0.2) is 5.82 Å². The van der Waals surface area contributed by atoms with E-state index in [1.807, 2.05) is 27.7 Å². The van der Waals surface area contributed by atoms with Crippen molar-refractivity contribution in [1.29, 1.82) is 0 Å². The van der Waals surface area contributed by atoms with E-state index in [4.69, 9.17) is 9.26 Å². The summed E-state index contributed by atoms with van der Waals surface area (Å²) in [5, 5.41) is 6.81. The lowest BCUT2D eigenvalue weighted by Crippen LogP contribution is -2.35. The highest BCUT2D eigenvalue weighted by Crippen LogP contribution is 2.22. The zero-order chi connectivity index (χ0) is 18.6. The second-order valence-electron chi connectivity index (χ2n) is 7.33. The average molecular weight is 347 g/mol. The number of alkyl carbamates (subject to hydrolysis) is 1. The van der Waals surface area contributed by atoms with Crippen LogP contribution < -0.4 is 5.32 Å². The van der Waals surface area contributed by atoms with E-state index in [-0.39, 0.29) is 5.89 Å². The first kappa shape index (κ1) is 18.8. The molecule has 0 spiro atoms. The Kier molecular flexibility index (Phi) is 5.71. The molecule has 8 nitrogen and oxygen atoms in total. The van der Waals surface area contributed by atoms with Gasteiger partial charge in [-0.2, -0.15) is 4.98 Å². The molecule has 2 aromatic heterocycles. The van der Waals surface area contributed by atoms with Crippen molar-refractivity contribution in [2.75, 3.05) is 0 Å².